The van der Waals surface area contributed by atoms with E-state index in [1.54, 1.807) is 29.2 Å². The molecule has 2 rings (SSSR count). The van der Waals surface area contributed by atoms with Crippen LogP contribution in [0.4, 0.5) is 0 Å². The molecule has 0 bridgehead atoms. The topological polar surface area (TPSA) is 99.5 Å². The number of esters is 1. The summed E-state index contributed by atoms with van der Waals surface area (Å²) in [6, 6.07) is 8.67. The lowest BCUT2D eigenvalue weighted by atomic mass is 10.0. The summed E-state index contributed by atoms with van der Waals surface area (Å²) in [5.74, 6) is -0.695. The van der Waals surface area contributed by atoms with Gasteiger partial charge in [0.25, 0.3) is 5.91 Å². The fourth-order valence-electron chi connectivity index (χ4n) is 2.75. The number of hydrogen-bond donors (Lipinski definition) is 1. The van der Waals surface area contributed by atoms with Gasteiger partial charge < -0.3 is 15.0 Å². The van der Waals surface area contributed by atoms with Crippen molar-refractivity contribution in [1.29, 1.82) is 5.26 Å². The molecule has 1 aromatic rings. The van der Waals surface area contributed by atoms with Gasteiger partial charge >= 0.3 is 5.97 Å². The number of nitrogens with zero attached hydrogens (tertiary/aromatic N) is 2. The molecule has 2 amide bonds. The lowest BCUT2D eigenvalue weighted by molar-refractivity contribution is -0.142. The van der Waals surface area contributed by atoms with Crippen molar-refractivity contribution >= 4 is 17.8 Å². The number of ether oxygens (including phenoxy) is 1. The second kappa shape index (κ2) is 8.83. The van der Waals surface area contributed by atoms with E-state index in [4.69, 9.17) is 5.26 Å². The molecule has 1 fully saturated rings. The maximum absolute atomic E-state index is 12.5. The zero-order valence-corrected chi connectivity index (χ0v) is 14.2. The van der Waals surface area contributed by atoms with Crippen molar-refractivity contribution in [2.24, 2.45) is 0 Å². The minimum atomic E-state index is -0.407. The van der Waals surface area contributed by atoms with Crippen LogP contribution >= 0.6 is 0 Å². The maximum atomic E-state index is 12.5. The van der Waals surface area contributed by atoms with Gasteiger partial charge in [-0.2, -0.15) is 5.26 Å². The summed E-state index contributed by atoms with van der Waals surface area (Å²) < 4.78 is 4.51. The average Bonchev–Trinajstić information content (AvgIpc) is 2.66. The number of carbonyl (C=O) groups is 3. The van der Waals surface area contributed by atoms with Crippen LogP contribution in [0.3, 0.4) is 0 Å². The Balaban J connectivity index is 1.81. The molecule has 1 saturated heterocycles. The van der Waals surface area contributed by atoms with Gasteiger partial charge in [-0.3, -0.25) is 14.4 Å². The predicted octanol–water partition coefficient (Wildman–Crippen LogP) is 1.23. The Morgan fingerprint density at radius 1 is 1.28 bits per heavy atom. The molecule has 0 radical (unpaired) electrons. The maximum Gasteiger partial charge on any atom is 0.306 e. The minimum Gasteiger partial charge on any atom is -0.469 e. The number of rotatable bonds is 5. The first-order chi connectivity index (χ1) is 12.0. The molecule has 25 heavy (non-hydrogen) atoms. The van der Waals surface area contributed by atoms with Crippen molar-refractivity contribution in [3.8, 4) is 6.07 Å². The Morgan fingerprint density at radius 2 is 2.00 bits per heavy atom. The van der Waals surface area contributed by atoms with Crippen LogP contribution in [0.1, 0.15) is 41.6 Å². The zero-order chi connectivity index (χ0) is 18.2. The first kappa shape index (κ1) is 18.5. The number of carbonyl (C=O) groups excluding carboxylic acids is 3. The Morgan fingerprint density at radius 3 is 2.64 bits per heavy atom. The Kier molecular flexibility index (Phi) is 6.52. The normalized spacial score (nSPS) is 14.5. The van der Waals surface area contributed by atoms with E-state index in [0.717, 1.165) is 0 Å². The molecule has 1 heterocycles. The van der Waals surface area contributed by atoms with Crippen LogP contribution in [0.25, 0.3) is 0 Å². The number of methoxy groups -OCH3 is 1. The number of hydrogen-bond acceptors (Lipinski definition) is 5. The molecule has 1 aliphatic rings. The minimum absolute atomic E-state index is 0.000334. The number of benzene rings is 1. The van der Waals surface area contributed by atoms with Crippen LogP contribution in [-0.4, -0.2) is 48.9 Å². The molecule has 1 aliphatic heterocycles. The average molecular weight is 343 g/mol. The highest BCUT2D eigenvalue weighted by atomic mass is 16.5. The molecule has 0 aromatic heterocycles. The Hall–Kier alpha value is -2.88. The van der Waals surface area contributed by atoms with E-state index in [9.17, 15) is 14.4 Å². The smallest absolute Gasteiger partial charge is 0.306 e. The van der Waals surface area contributed by atoms with Crippen LogP contribution in [0.5, 0.6) is 0 Å². The summed E-state index contributed by atoms with van der Waals surface area (Å²) in [7, 11) is 1.29. The third-order valence-corrected chi connectivity index (χ3v) is 4.17. The SMILES string of the molecule is COC(=O)CCC(=O)NC1CCN(C(=O)c2cccc(C#N)c2)CC1. The summed E-state index contributed by atoms with van der Waals surface area (Å²) in [6.07, 6.45) is 1.49. The second-order valence-corrected chi connectivity index (χ2v) is 5.90. The molecule has 0 aliphatic carbocycles. The van der Waals surface area contributed by atoms with Crippen molar-refractivity contribution in [2.45, 2.75) is 31.7 Å². The van der Waals surface area contributed by atoms with Gasteiger partial charge in [0.2, 0.25) is 5.91 Å². The van der Waals surface area contributed by atoms with Gasteiger partial charge in [0.1, 0.15) is 0 Å². The number of nitriles is 1. The van der Waals surface area contributed by atoms with Crippen molar-refractivity contribution in [2.75, 3.05) is 20.2 Å². The largest absolute Gasteiger partial charge is 0.469 e. The molecule has 0 spiro atoms. The van der Waals surface area contributed by atoms with Gasteiger partial charge in [0.15, 0.2) is 0 Å². The number of likely N-dealkylation sites (tertiary alicyclic amines) is 1. The lowest BCUT2D eigenvalue weighted by Crippen LogP contribution is -2.46. The van der Waals surface area contributed by atoms with Crippen LogP contribution < -0.4 is 5.32 Å². The fraction of sp³-hybridized carbons (Fsp3) is 0.444. The highest BCUT2D eigenvalue weighted by Gasteiger charge is 2.24. The van der Waals surface area contributed by atoms with E-state index in [1.165, 1.54) is 7.11 Å². The molecule has 0 unspecified atom stereocenters. The standard InChI is InChI=1S/C18H21N3O4/c1-25-17(23)6-5-16(22)20-15-7-9-21(10-8-15)18(24)14-4-2-3-13(11-14)12-19/h2-4,11,15H,5-10H2,1H3,(H,20,22). The molecular formula is C18H21N3O4. The summed E-state index contributed by atoms with van der Waals surface area (Å²) in [5, 5.41) is 11.8. The molecular weight excluding hydrogens is 322 g/mol. The van der Waals surface area contributed by atoms with Crippen molar-refractivity contribution in [3.05, 3.63) is 35.4 Å². The summed E-state index contributed by atoms with van der Waals surface area (Å²) in [6.45, 7) is 1.08. The van der Waals surface area contributed by atoms with Crippen molar-refractivity contribution in [1.82, 2.24) is 10.2 Å². The zero-order valence-electron chi connectivity index (χ0n) is 14.2. The molecule has 0 atom stereocenters. The van der Waals surface area contributed by atoms with Gasteiger partial charge in [0, 0.05) is 31.1 Å². The molecule has 1 N–H and O–H groups in total. The predicted molar refractivity (Wildman–Crippen MR) is 89.5 cm³/mol. The van der Waals surface area contributed by atoms with Crippen molar-refractivity contribution < 1.29 is 19.1 Å². The quantitative estimate of drug-likeness (QED) is 0.811. The summed E-state index contributed by atoms with van der Waals surface area (Å²) in [5.41, 5.74) is 0.957. The molecule has 7 nitrogen and oxygen atoms in total. The molecule has 0 saturated carbocycles. The van der Waals surface area contributed by atoms with E-state index < -0.39 is 5.97 Å². The molecule has 7 heteroatoms. The first-order valence-corrected chi connectivity index (χ1v) is 8.19. The third kappa shape index (κ3) is 5.31. The lowest BCUT2D eigenvalue weighted by Gasteiger charge is -2.32. The fourth-order valence-corrected chi connectivity index (χ4v) is 2.75. The van der Waals surface area contributed by atoms with E-state index in [2.05, 4.69) is 10.1 Å². The van der Waals surface area contributed by atoms with Gasteiger partial charge in [-0.1, -0.05) is 6.07 Å². The van der Waals surface area contributed by atoms with Crippen LogP contribution in [0.15, 0.2) is 24.3 Å². The van der Waals surface area contributed by atoms with Gasteiger partial charge in [0.05, 0.1) is 25.2 Å². The van der Waals surface area contributed by atoms with Gasteiger partial charge in [-0.25, -0.2) is 0 Å². The Bertz CT molecular complexity index is 688. The monoisotopic (exact) mass is 343 g/mol. The van der Waals surface area contributed by atoms with Crippen LogP contribution in [0.2, 0.25) is 0 Å². The summed E-state index contributed by atoms with van der Waals surface area (Å²) in [4.78, 5) is 37.1. The van der Waals surface area contributed by atoms with E-state index >= 15 is 0 Å². The van der Waals surface area contributed by atoms with Crippen molar-refractivity contribution in [3.63, 3.8) is 0 Å². The number of amides is 2. The number of nitrogens with one attached hydrogen (secondary N) is 1. The summed E-state index contributed by atoms with van der Waals surface area (Å²) >= 11 is 0. The first-order valence-electron chi connectivity index (χ1n) is 8.19. The van der Waals surface area contributed by atoms with E-state index in [-0.39, 0.29) is 30.7 Å². The molecule has 1 aromatic carbocycles. The highest BCUT2D eigenvalue weighted by molar-refractivity contribution is 5.94. The van der Waals surface area contributed by atoms with Crippen LogP contribution in [0, 0.1) is 11.3 Å². The third-order valence-electron chi connectivity index (χ3n) is 4.17. The molecule has 132 valence electrons. The second-order valence-electron chi connectivity index (χ2n) is 5.90. The Labute approximate surface area is 146 Å². The van der Waals surface area contributed by atoms with Crippen LogP contribution in [-0.2, 0) is 14.3 Å². The number of piperidine rings is 1. The highest BCUT2D eigenvalue weighted by Crippen LogP contribution is 2.15. The van der Waals surface area contributed by atoms with Gasteiger partial charge in [-0.05, 0) is 31.0 Å². The van der Waals surface area contributed by atoms with E-state index in [1.807, 2.05) is 6.07 Å². The van der Waals surface area contributed by atoms with Gasteiger partial charge in [-0.15, -0.1) is 0 Å². The van der Waals surface area contributed by atoms with E-state index in [0.29, 0.717) is 37.1 Å².